The van der Waals surface area contributed by atoms with E-state index >= 15 is 0 Å². The summed E-state index contributed by atoms with van der Waals surface area (Å²) < 4.78 is 45.9. The fourth-order valence-corrected chi connectivity index (χ4v) is 5.45. The summed E-state index contributed by atoms with van der Waals surface area (Å²) in [5.74, 6) is -0.636. The van der Waals surface area contributed by atoms with Crippen LogP contribution in [-0.4, -0.2) is 67.8 Å². The standard InChI is InChI=1S/C22H25FN4O6S/c1-33-20-9-8-18(14-19(20)27(29)30)34(31,32)26-12-10-25(11-13-26)21(22(28)24-17-6-7-17)15-2-4-16(23)5-3-15/h2-5,8-9,14,17,21H,6-7,10-13H2,1H3,(H,24,28). The van der Waals surface area contributed by atoms with E-state index in [0.717, 1.165) is 18.9 Å². The van der Waals surface area contributed by atoms with Gasteiger partial charge in [0.2, 0.25) is 15.9 Å². The van der Waals surface area contributed by atoms with Gasteiger partial charge in [-0.15, -0.1) is 0 Å². The number of rotatable bonds is 8. The number of halogens is 1. The van der Waals surface area contributed by atoms with Crippen LogP contribution in [0.3, 0.4) is 0 Å². The van der Waals surface area contributed by atoms with Gasteiger partial charge in [-0.1, -0.05) is 12.1 Å². The van der Waals surface area contributed by atoms with Gasteiger partial charge in [-0.25, -0.2) is 12.8 Å². The number of hydrogen-bond acceptors (Lipinski definition) is 7. The van der Waals surface area contributed by atoms with Crippen LogP contribution < -0.4 is 10.1 Å². The van der Waals surface area contributed by atoms with Gasteiger partial charge in [0.15, 0.2) is 5.75 Å². The minimum Gasteiger partial charge on any atom is -0.490 e. The molecule has 1 amide bonds. The molecule has 2 aliphatic rings. The molecule has 0 aromatic heterocycles. The summed E-state index contributed by atoms with van der Waals surface area (Å²) in [6.45, 7) is 0.711. The molecule has 2 aromatic carbocycles. The first-order chi connectivity index (χ1) is 16.2. The molecule has 0 spiro atoms. The van der Waals surface area contributed by atoms with Crippen LogP contribution in [0, 0.1) is 15.9 Å². The van der Waals surface area contributed by atoms with E-state index in [1.807, 2.05) is 4.90 Å². The summed E-state index contributed by atoms with van der Waals surface area (Å²) in [5, 5.41) is 14.3. The number of sulfonamides is 1. The highest BCUT2D eigenvalue weighted by atomic mass is 32.2. The summed E-state index contributed by atoms with van der Waals surface area (Å²) in [7, 11) is -2.72. The maximum atomic E-state index is 13.4. The molecule has 4 rings (SSSR count). The Hall–Kier alpha value is -3.09. The average Bonchev–Trinajstić information content (AvgIpc) is 3.64. The molecule has 1 aliphatic carbocycles. The van der Waals surface area contributed by atoms with Crippen molar-refractivity contribution in [3.05, 3.63) is 64.0 Å². The number of carbonyl (C=O) groups is 1. The van der Waals surface area contributed by atoms with E-state index in [0.29, 0.717) is 5.56 Å². The molecule has 1 heterocycles. The van der Waals surface area contributed by atoms with Crippen molar-refractivity contribution in [3.63, 3.8) is 0 Å². The topological polar surface area (TPSA) is 122 Å². The number of nitro benzene ring substituents is 1. The first-order valence-corrected chi connectivity index (χ1v) is 12.3. The highest BCUT2D eigenvalue weighted by molar-refractivity contribution is 7.89. The van der Waals surface area contributed by atoms with Crippen LogP contribution in [0.2, 0.25) is 0 Å². The van der Waals surface area contributed by atoms with Gasteiger partial charge in [0.1, 0.15) is 11.9 Å². The summed E-state index contributed by atoms with van der Waals surface area (Å²) in [6.07, 6.45) is 1.84. The molecule has 1 saturated heterocycles. The maximum Gasteiger partial charge on any atom is 0.312 e. The molecule has 2 fully saturated rings. The van der Waals surface area contributed by atoms with Crippen molar-refractivity contribution in [1.82, 2.24) is 14.5 Å². The van der Waals surface area contributed by atoms with Crippen molar-refractivity contribution in [2.75, 3.05) is 33.3 Å². The summed E-state index contributed by atoms with van der Waals surface area (Å²) in [6, 6.07) is 8.71. The molecular weight excluding hydrogens is 467 g/mol. The summed E-state index contributed by atoms with van der Waals surface area (Å²) in [4.78, 5) is 25.3. The van der Waals surface area contributed by atoms with Gasteiger partial charge >= 0.3 is 5.69 Å². The average molecular weight is 493 g/mol. The lowest BCUT2D eigenvalue weighted by atomic mass is 10.0. The highest BCUT2D eigenvalue weighted by Gasteiger charge is 2.37. The van der Waals surface area contributed by atoms with Crippen molar-refractivity contribution in [3.8, 4) is 5.75 Å². The molecule has 1 atom stereocenters. The Labute approximate surface area is 196 Å². The van der Waals surface area contributed by atoms with E-state index < -0.39 is 32.5 Å². The predicted octanol–water partition coefficient (Wildman–Crippen LogP) is 2.07. The van der Waals surface area contributed by atoms with Crippen LogP contribution in [0.15, 0.2) is 47.4 Å². The number of amides is 1. The van der Waals surface area contributed by atoms with Crippen molar-refractivity contribution >= 4 is 21.6 Å². The molecule has 2 aromatic rings. The molecule has 0 radical (unpaired) electrons. The summed E-state index contributed by atoms with van der Waals surface area (Å²) >= 11 is 0. The van der Waals surface area contributed by atoms with E-state index in [4.69, 9.17) is 4.74 Å². The second-order valence-corrected chi connectivity index (χ2v) is 10.2. The van der Waals surface area contributed by atoms with Crippen molar-refractivity contribution in [2.24, 2.45) is 0 Å². The van der Waals surface area contributed by atoms with Gasteiger partial charge in [0.25, 0.3) is 0 Å². The molecule has 12 heteroatoms. The molecule has 10 nitrogen and oxygen atoms in total. The van der Waals surface area contributed by atoms with E-state index in [2.05, 4.69) is 5.32 Å². The lowest BCUT2D eigenvalue weighted by Crippen LogP contribution is -2.52. The van der Waals surface area contributed by atoms with E-state index in [1.54, 1.807) is 12.1 Å². The molecule has 1 aliphatic heterocycles. The number of nitro groups is 1. The van der Waals surface area contributed by atoms with Gasteiger partial charge < -0.3 is 10.1 Å². The van der Waals surface area contributed by atoms with Crippen molar-refractivity contribution < 1.29 is 27.3 Å². The van der Waals surface area contributed by atoms with Gasteiger partial charge in [-0.2, -0.15) is 4.31 Å². The maximum absolute atomic E-state index is 13.4. The molecular formula is C22H25FN4O6S. The Morgan fingerprint density at radius 2 is 1.79 bits per heavy atom. The minimum atomic E-state index is -4.00. The normalized spacial score (nSPS) is 18.3. The second-order valence-electron chi connectivity index (χ2n) is 8.27. The van der Waals surface area contributed by atoms with Gasteiger partial charge in [0.05, 0.1) is 16.9 Å². The molecule has 182 valence electrons. The van der Waals surface area contributed by atoms with Gasteiger partial charge in [-0.05, 0) is 42.7 Å². The molecule has 34 heavy (non-hydrogen) atoms. The second kappa shape index (κ2) is 9.65. The minimum absolute atomic E-state index is 0.0300. The van der Waals surface area contributed by atoms with E-state index in [1.165, 1.54) is 35.7 Å². The van der Waals surface area contributed by atoms with Gasteiger partial charge in [-0.3, -0.25) is 19.8 Å². The Balaban J connectivity index is 1.52. The Kier molecular flexibility index (Phi) is 6.82. The lowest BCUT2D eigenvalue weighted by Gasteiger charge is -2.38. The fraction of sp³-hybridized carbons (Fsp3) is 0.409. The number of hydrogen-bond donors (Lipinski definition) is 1. The zero-order valence-corrected chi connectivity index (χ0v) is 19.3. The number of benzene rings is 2. The van der Waals surface area contributed by atoms with Crippen molar-refractivity contribution in [1.29, 1.82) is 0 Å². The Bertz CT molecular complexity index is 1180. The molecule has 1 saturated carbocycles. The van der Waals surface area contributed by atoms with Crippen LogP contribution in [0.25, 0.3) is 0 Å². The smallest absolute Gasteiger partial charge is 0.312 e. The highest BCUT2D eigenvalue weighted by Crippen LogP contribution is 2.32. The van der Waals surface area contributed by atoms with Crippen molar-refractivity contribution in [2.45, 2.75) is 29.8 Å². The third-order valence-corrected chi connectivity index (χ3v) is 7.88. The SMILES string of the molecule is COc1ccc(S(=O)(=O)N2CCN(C(C(=O)NC3CC3)c3ccc(F)cc3)CC2)cc1[N+](=O)[O-]. The first kappa shape index (κ1) is 24.0. The third kappa shape index (κ3) is 5.03. The number of ether oxygens (including phenoxy) is 1. The largest absolute Gasteiger partial charge is 0.490 e. The van der Waals surface area contributed by atoms with Crippen LogP contribution in [0.1, 0.15) is 24.4 Å². The number of methoxy groups -OCH3 is 1. The van der Waals surface area contributed by atoms with Crippen LogP contribution in [-0.2, 0) is 14.8 Å². The monoisotopic (exact) mass is 492 g/mol. The quantitative estimate of drug-likeness (QED) is 0.442. The zero-order valence-electron chi connectivity index (χ0n) is 18.5. The number of nitrogens with zero attached hydrogens (tertiary/aromatic N) is 3. The summed E-state index contributed by atoms with van der Waals surface area (Å²) in [5.41, 5.74) is 0.192. The van der Waals surface area contributed by atoms with E-state index in [-0.39, 0.29) is 48.8 Å². The Morgan fingerprint density at radius 3 is 2.35 bits per heavy atom. The number of nitrogens with one attached hydrogen (secondary N) is 1. The lowest BCUT2D eigenvalue weighted by molar-refractivity contribution is -0.386. The van der Waals surface area contributed by atoms with Gasteiger partial charge in [0, 0.05) is 38.3 Å². The fourth-order valence-electron chi connectivity index (χ4n) is 4.01. The van der Waals surface area contributed by atoms with Crippen LogP contribution >= 0.6 is 0 Å². The molecule has 1 N–H and O–H groups in total. The Morgan fingerprint density at radius 1 is 1.15 bits per heavy atom. The zero-order chi connectivity index (χ0) is 24.5. The first-order valence-electron chi connectivity index (χ1n) is 10.8. The predicted molar refractivity (Wildman–Crippen MR) is 120 cm³/mol. The van der Waals surface area contributed by atoms with Crippen LogP contribution in [0.5, 0.6) is 5.75 Å². The van der Waals surface area contributed by atoms with Crippen LogP contribution in [0.4, 0.5) is 10.1 Å². The van der Waals surface area contributed by atoms with E-state index in [9.17, 15) is 27.7 Å². The molecule has 0 bridgehead atoms. The third-order valence-electron chi connectivity index (χ3n) is 5.98. The number of carbonyl (C=O) groups excluding carboxylic acids is 1. The number of piperazine rings is 1. The molecule has 1 unspecified atom stereocenters.